The summed E-state index contributed by atoms with van der Waals surface area (Å²) in [6.07, 6.45) is 2.76. The van der Waals surface area contributed by atoms with Gasteiger partial charge in [0.1, 0.15) is 29.0 Å². The van der Waals surface area contributed by atoms with E-state index in [4.69, 9.17) is 9.40 Å². The number of benzene rings is 3. The SMILES string of the molecule is CNC(=O)c1c(-c2ccc(F)cc2)oc2cc(N(C)S(C)(=O)=O)c(-c3ccc4ncn5c6cccc(C#N)c6cc5c4n3)cc12. The number of rotatable bonds is 5. The normalized spacial score (nSPS) is 11.8. The van der Waals surface area contributed by atoms with Crippen LogP contribution in [0.2, 0.25) is 0 Å². The first-order valence-corrected chi connectivity index (χ1v) is 15.6. The minimum absolute atomic E-state index is 0.208. The Hall–Kier alpha value is -5.80. The zero-order valence-corrected chi connectivity index (χ0v) is 25.0. The van der Waals surface area contributed by atoms with Gasteiger partial charge in [0, 0.05) is 42.1 Å². The third-order valence-electron chi connectivity index (χ3n) is 7.91. The summed E-state index contributed by atoms with van der Waals surface area (Å²) in [5, 5.41) is 13.5. The van der Waals surface area contributed by atoms with Crippen molar-refractivity contribution in [1.82, 2.24) is 19.7 Å². The number of hydrogen-bond donors (Lipinski definition) is 1. The van der Waals surface area contributed by atoms with Crippen molar-refractivity contribution in [2.75, 3.05) is 24.7 Å². The average Bonchev–Trinajstić information content (AvgIpc) is 3.61. The van der Waals surface area contributed by atoms with Crippen molar-refractivity contribution in [3.05, 3.63) is 96.1 Å². The third-order valence-corrected chi connectivity index (χ3v) is 9.10. The fourth-order valence-corrected chi connectivity index (χ4v) is 6.11. The first-order valence-electron chi connectivity index (χ1n) is 13.7. The van der Waals surface area contributed by atoms with Crippen LogP contribution in [0.5, 0.6) is 0 Å². The molecule has 0 fully saturated rings. The van der Waals surface area contributed by atoms with Gasteiger partial charge in [0.05, 0.1) is 51.4 Å². The number of anilines is 1. The van der Waals surface area contributed by atoms with Crippen LogP contribution in [0.4, 0.5) is 10.1 Å². The van der Waals surface area contributed by atoms with Gasteiger partial charge in [0.2, 0.25) is 10.0 Å². The standard InChI is InChI=1S/C33H23FN6O4S/c1-36-33(41)30-23-13-22(27(39(2)45(3,42)43)15-29(23)44-32(30)18-7-9-20(34)10-8-18)24-11-12-25-31(38-24)28-14-21-19(16-35)5-4-6-26(21)40(28)17-37-25/h4-15,17H,1-3H3,(H,36,41). The molecule has 0 saturated carbocycles. The van der Waals surface area contributed by atoms with Crippen LogP contribution < -0.4 is 9.62 Å². The number of pyridine rings is 1. The Balaban J connectivity index is 1.54. The first kappa shape index (κ1) is 28.0. The zero-order valence-electron chi connectivity index (χ0n) is 24.2. The van der Waals surface area contributed by atoms with Crippen molar-refractivity contribution in [3.63, 3.8) is 0 Å². The maximum absolute atomic E-state index is 13.7. The lowest BCUT2D eigenvalue weighted by Gasteiger charge is -2.20. The fraction of sp³-hybridized carbons (Fsp3) is 0.0909. The van der Waals surface area contributed by atoms with Crippen LogP contribution in [-0.4, -0.2) is 49.0 Å². The number of sulfonamides is 1. The summed E-state index contributed by atoms with van der Waals surface area (Å²) in [5.41, 5.74) is 5.21. The topological polar surface area (TPSA) is 134 Å². The van der Waals surface area contributed by atoms with Gasteiger partial charge < -0.3 is 9.73 Å². The van der Waals surface area contributed by atoms with Crippen molar-refractivity contribution in [1.29, 1.82) is 5.26 Å². The molecule has 0 radical (unpaired) electrons. The molecule has 0 bridgehead atoms. The molecule has 0 aliphatic heterocycles. The summed E-state index contributed by atoms with van der Waals surface area (Å²) in [7, 11) is -0.828. The van der Waals surface area contributed by atoms with E-state index in [0.29, 0.717) is 44.3 Å². The molecule has 0 aliphatic carbocycles. The van der Waals surface area contributed by atoms with Crippen LogP contribution >= 0.6 is 0 Å². The zero-order chi connectivity index (χ0) is 31.6. The number of amides is 1. The monoisotopic (exact) mass is 618 g/mol. The third kappa shape index (κ3) is 4.44. The highest BCUT2D eigenvalue weighted by Gasteiger charge is 2.26. The molecule has 12 heteroatoms. The van der Waals surface area contributed by atoms with Crippen LogP contribution in [-0.2, 0) is 10.0 Å². The summed E-state index contributed by atoms with van der Waals surface area (Å²) in [5.74, 6) is -0.671. The average molecular weight is 619 g/mol. The Morgan fingerprint density at radius 2 is 1.82 bits per heavy atom. The lowest BCUT2D eigenvalue weighted by Crippen LogP contribution is -2.25. The van der Waals surface area contributed by atoms with E-state index in [1.54, 1.807) is 42.7 Å². The molecule has 1 amide bonds. The van der Waals surface area contributed by atoms with Gasteiger partial charge in [0.15, 0.2) is 0 Å². The van der Waals surface area contributed by atoms with E-state index >= 15 is 0 Å². The quantitative estimate of drug-likeness (QED) is 0.255. The second-order valence-electron chi connectivity index (χ2n) is 10.5. The number of nitrogens with one attached hydrogen (secondary N) is 1. The summed E-state index contributed by atoms with van der Waals surface area (Å²) < 4.78 is 48.5. The number of nitrogens with zero attached hydrogens (tertiary/aromatic N) is 5. The van der Waals surface area contributed by atoms with E-state index in [2.05, 4.69) is 16.4 Å². The van der Waals surface area contributed by atoms with Gasteiger partial charge >= 0.3 is 0 Å². The van der Waals surface area contributed by atoms with E-state index in [9.17, 15) is 22.9 Å². The van der Waals surface area contributed by atoms with E-state index < -0.39 is 21.7 Å². The summed E-state index contributed by atoms with van der Waals surface area (Å²) in [6, 6.07) is 21.9. The van der Waals surface area contributed by atoms with Gasteiger partial charge in [0.25, 0.3) is 5.91 Å². The number of furan rings is 1. The molecular weight excluding hydrogens is 595 g/mol. The van der Waals surface area contributed by atoms with Crippen molar-refractivity contribution in [3.8, 4) is 28.7 Å². The number of halogens is 1. The second kappa shape index (κ2) is 10.1. The Morgan fingerprint density at radius 3 is 2.53 bits per heavy atom. The number of carbonyl (C=O) groups excluding carboxylic acids is 1. The van der Waals surface area contributed by atoms with Crippen LogP contribution in [0.25, 0.3) is 61.0 Å². The number of carbonyl (C=O) groups is 1. The maximum atomic E-state index is 13.7. The number of fused-ring (bicyclic) bond motifs is 6. The van der Waals surface area contributed by atoms with Gasteiger partial charge in [-0.2, -0.15) is 5.26 Å². The predicted octanol–water partition coefficient (Wildman–Crippen LogP) is 5.88. The molecule has 45 heavy (non-hydrogen) atoms. The van der Waals surface area contributed by atoms with Gasteiger partial charge in [-0.1, -0.05) is 6.07 Å². The van der Waals surface area contributed by atoms with Crippen LogP contribution in [0.1, 0.15) is 15.9 Å². The summed E-state index contributed by atoms with van der Waals surface area (Å²) in [6.45, 7) is 0. The Labute approximate surface area is 256 Å². The maximum Gasteiger partial charge on any atom is 0.255 e. The molecule has 1 N–H and O–H groups in total. The second-order valence-corrected chi connectivity index (χ2v) is 12.6. The largest absolute Gasteiger partial charge is 0.455 e. The van der Waals surface area contributed by atoms with Crippen molar-refractivity contribution in [2.45, 2.75) is 0 Å². The Morgan fingerprint density at radius 1 is 1.04 bits per heavy atom. The summed E-state index contributed by atoms with van der Waals surface area (Å²) >= 11 is 0. The first-order chi connectivity index (χ1) is 21.6. The van der Waals surface area contributed by atoms with E-state index in [1.807, 2.05) is 16.5 Å². The van der Waals surface area contributed by atoms with Crippen LogP contribution in [0.15, 0.2) is 83.5 Å². The molecule has 0 aliphatic rings. The van der Waals surface area contributed by atoms with E-state index in [0.717, 1.165) is 21.5 Å². The molecule has 0 unspecified atom stereocenters. The highest BCUT2D eigenvalue weighted by atomic mass is 32.2. The number of aromatic nitrogens is 3. The van der Waals surface area contributed by atoms with Crippen LogP contribution in [0.3, 0.4) is 0 Å². The van der Waals surface area contributed by atoms with Gasteiger partial charge in [-0.05, 0) is 60.7 Å². The number of hydrogen-bond acceptors (Lipinski definition) is 7. The van der Waals surface area contributed by atoms with Gasteiger partial charge in [-0.15, -0.1) is 0 Å². The predicted molar refractivity (Wildman–Crippen MR) is 170 cm³/mol. The molecule has 222 valence electrons. The van der Waals surface area contributed by atoms with Crippen molar-refractivity contribution < 1.29 is 22.0 Å². The smallest absolute Gasteiger partial charge is 0.255 e. The molecule has 0 spiro atoms. The lowest BCUT2D eigenvalue weighted by molar-refractivity contribution is 0.0964. The Bertz CT molecular complexity index is 2510. The lowest BCUT2D eigenvalue weighted by atomic mass is 10.0. The van der Waals surface area contributed by atoms with Crippen LogP contribution in [0, 0.1) is 17.1 Å². The Kier molecular flexibility index (Phi) is 6.31. The fourth-order valence-electron chi connectivity index (χ4n) is 5.60. The number of nitriles is 1. The minimum Gasteiger partial charge on any atom is -0.455 e. The molecule has 7 rings (SSSR count). The molecular formula is C33H23FN6O4S. The molecule has 0 atom stereocenters. The summed E-state index contributed by atoms with van der Waals surface area (Å²) in [4.78, 5) is 22.8. The highest BCUT2D eigenvalue weighted by molar-refractivity contribution is 7.92. The van der Waals surface area contributed by atoms with E-state index in [1.165, 1.54) is 38.4 Å². The highest BCUT2D eigenvalue weighted by Crippen LogP contribution is 2.41. The molecule has 0 saturated heterocycles. The van der Waals surface area contributed by atoms with Gasteiger partial charge in [-0.3, -0.25) is 13.5 Å². The van der Waals surface area contributed by atoms with Crippen molar-refractivity contribution in [2.24, 2.45) is 0 Å². The van der Waals surface area contributed by atoms with E-state index in [-0.39, 0.29) is 22.6 Å². The van der Waals surface area contributed by atoms with Crippen molar-refractivity contribution >= 4 is 60.0 Å². The minimum atomic E-state index is -3.74. The molecule has 3 aromatic carbocycles. The molecule has 7 aromatic rings. The molecule has 10 nitrogen and oxygen atoms in total. The molecule has 4 aromatic heterocycles. The van der Waals surface area contributed by atoms with Gasteiger partial charge in [-0.25, -0.2) is 22.8 Å². The molecule has 4 heterocycles.